The molecule has 1 aromatic rings. The number of nitrogens with zero attached hydrogens (tertiary/aromatic N) is 1. The number of amides is 1. The average Bonchev–Trinajstić information content (AvgIpc) is 2.26. The number of rotatable bonds is 4. The minimum absolute atomic E-state index is 0.0386. The van der Waals surface area contributed by atoms with Gasteiger partial charge in [-0.1, -0.05) is 18.2 Å². The second kappa shape index (κ2) is 5.17. The van der Waals surface area contributed by atoms with Gasteiger partial charge in [-0.25, -0.2) is 0 Å². The van der Waals surface area contributed by atoms with Gasteiger partial charge in [0.05, 0.1) is 0 Å². The molecule has 0 unspecified atom stereocenters. The molecule has 74 valence electrons. The summed E-state index contributed by atoms with van der Waals surface area (Å²) in [5.41, 5.74) is 0.850. The lowest BCUT2D eigenvalue weighted by molar-refractivity contribution is -0.120. The van der Waals surface area contributed by atoms with Crippen molar-refractivity contribution < 1.29 is 9.59 Å². The molecule has 0 bridgehead atoms. The number of para-hydroxylation sites is 1. The number of aldehydes is 1. The molecule has 0 aliphatic carbocycles. The Labute approximate surface area is 83.3 Å². The summed E-state index contributed by atoms with van der Waals surface area (Å²) >= 11 is 0. The lowest BCUT2D eigenvalue weighted by atomic mass is 10.2. The largest absolute Gasteiger partial charge is 0.315 e. The summed E-state index contributed by atoms with van der Waals surface area (Å²) in [4.78, 5) is 23.1. The van der Waals surface area contributed by atoms with Gasteiger partial charge in [0.2, 0.25) is 5.91 Å². The molecular weight excluding hydrogens is 178 g/mol. The maximum absolute atomic E-state index is 11.5. The molecule has 1 rings (SSSR count). The van der Waals surface area contributed by atoms with Crippen molar-refractivity contribution in [2.75, 3.05) is 11.9 Å². The Kier molecular flexibility index (Phi) is 3.85. The van der Waals surface area contributed by atoms with Crippen LogP contribution in [0.4, 0.5) is 5.69 Å². The van der Waals surface area contributed by atoms with Crippen molar-refractivity contribution in [2.45, 2.75) is 12.8 Å². The second-order valence-electron chi connectivity index (χ2n) is 2.99. The quantitative estimate of drug-likeness (QED) is 0.678. The Bertz CT molecular complexity index is 308. The van der Waals surface area contributed by atoms with Gasteiger partial charge >= 0.3 is 0 Å². The van der Waals surface area contributed by atoms with Crippen LogP contribution in [-0.2, 0) is 9.59 Å². The van der Waals surface area contributed by atoms with Crippen molar-refractivity contribution >= 4 is 17.9 Å². The molecular formula is C11H13NO2. The van der Waals surface area contributed by atoms with Crippen molar-refractivity contribution in [1.29, 1.82) is 0 Å². The van der Waals surface area contributed by atoms with Crippen LogP contribution in [0.25, 0.3) is 0 Å². The fourth-order valence-electron chi connectivity index (χ4n) is 1.15. The summed E-state index contributed by atoms with van der Waals surface area (Å²) in [5, 5.41) is 0. The monoisotopic (exact) mass is 191 g/mol. The van der Waals surface area contributed by atoms with Gasteiger partial charge in [-0.3, -0.25) is 4.79 Å². The highest BCUT2D eigenvalue weighted by Gasteiger charge is 2.08. The maximum Gasteiger partial charge on any atom is 0.227 e. The van der Waals surface area contributed by atoms with E-state index in [1.165, 1.54) is 0 Å². The molecule has 1 amide bonds. The van der Waals surface area contributed by atoms with E-state index in [-0.39, 0.29) is 18.7 Å². The molecule has 3 heteroatoms. The normalized spacial score (nSPS) is 9.50. The third-order valence-corrected chi connectivity index (χ3v) is 1.99. The van der Waals surface area contributed by atoms with Crippen molar-refractivity contribution in [3.05, 3.63) is 30.3 Å². The molecule has 1 aromatic carbocycles. The molecule has 0 spiro atoms. The lowest BCUT2D eigenvalue weighted by Crippen LogP contribution is -2.25. The molecule has 0 radical (unpaired) electrons. The number of anilines is 1. The highest BCUT2D eigenvalue weighted by atomic mass is 16.2. The topological polar surface area (TPSA) is 37.4 Å². The van der Waals surface area contributed by atoms with E-state index in [1.54, 1.807) is 11.9 Å². The predicted octanol–water partition coefficient (Wildman–Crippen LogP) is 1.63. The molecule has 0 fully saturated rings. The first-order valence-corrected chi connectivity index (χ1v) is 4.51. The number of carbonyl (C=O) groups excluding carboxylic acids is 2. The number of benzene rings is 1. The summed E-state index contributed by atoms with van der Waals surface area (Å²) in [7, 11) is 1.71. The summed E-state index contributed by atoms with van der Waals surface area (Å²) in [6, 6.07) is 9.36. The van der Waals surface area contributed by atoms with Gasteiger partial charge < -0.3 is 9.69 Å². The van der Waals surface area contributed by atoms with Crippen molar-refractivity contribution in [3.63, 3.8) is 0 Å². The third kappa shape index (κ3) is 2.69. The number of hydrogen-bond acceptors (Lipinski definition) is 2. The van der Waals surface area contributed by atoms with E-state index in [1.807, 2.05) is 30.3 Å². The molecule has 0 saturated carbocycles. The fraction of sp³-hybridized carbons (Fsp3) is 0.273. The summed E-state index contributed by atoms with van der Waals surface area (Å²) in [6.07, 6.45) is 1.32. The van der Waals surface area contributed by atoms with Gasteiger partial charge in [0.25, 0.3) is 0 Å². The first-order chi connectivity index (χ1) is 6.75. The van der Waals surface area contributed by atoms with Crippen LogP contribution < -0.4 is 4.90 Å². The van der Waals surface area contributed by atoms with Crippen LogP contribution in [-0.4, -0.2) is 19.2 Å². The molecule has 0 N–H and O–H groups in total. The molecule has 0 atom stereocenters. The predicted molar refractivity (Wildman–Crippen MR) is 55.2 cm³/mol. The van der Waals surface area contributed by atoms with Gasteiger partial charge in [0, 0.05) is 25.6 Å². The molecule has 0 aliphatic rings. The zero-order valence-electron chi connectivity index (χ0n) is 8.14. The third-order valence-electron chi connectivity index (χ3n) is 1.99. The van der Waals surface area contributed by atoms with Crippen molar-refractivity contribution in [2.24, 2.45) is 0 Å². The molecule has 0 aromatic heterocycles. The fourth-order valence-corrected chi connectivity index (χ4v) is 1.15. The molecule has 0 heterocycles. The highest BCUT2D eigenvalue weighted by Crippen LogP contribution is 2.12. The molecule has 0 aliphatic heterocycles. The van der Waals surface area contributed by atoms with E-state index < -0.39 is 0 Å². The Morgan fingerprint density at radius 2 is 2.00 bits per heavy atom. The molecule has 14 heavy (non-hydrogen) atoms. The molecule has 3 nitrogen and oxygen atoms in total. The Morgan fingerprint density at radius 3 is 2.57 bits per heavy atom. The average molecular weight is 191 g/mol. The summed E-state index contributed by atoms with van der Waals surface area (Å²) in [6.45, 7) is 0. The second-order valence-corrected chi connectivity index (χ2v) is 2.99. The number of hydrogen-bond donors (Lipinski definition) is 0. The summed E-state index contributed by atoms with van der Waals surface area (Å²) < 4.78 is 0. The van der Waals surface area contributed by atoms with Crippen molar-refractivity contribution in [1.82, 2.24) is 0 Å². The van der Waals surface area contributed by atoms with Gasteiger partial charge in [0.15, 0.2) is 0 Å². The van der Waals surface area contributed by atoms with Crippen LogP contribution >= 0.6 is 0 Å². The Morgan fingerprint density at radius 1 is 1.36 bits per heavy atom. The van der Waals surface area contributed by atoms with Gasteiger partial charge in [-0.15, -0.1) is 0 Å². The van der Waals surface area contributed by atoms with Crippen LogP contribution in [0.1, 0.15) is 12.8 Å². The van der Waals surface area contributed by atoms with E-state index >= 15 is 0 Å². The Balaban J connectivity index is 2.61. The standard InChI is InChI=1S/C11H13NO2/c1-12(11(14)8-5-9-13)10-6-3-2-4-7-10/h2-4,6-7,9H,5,8H2,1H3. The van der Waals surface area contributed by atoms with Gasteiger partial charge in [-0.05, 0) is 12.1 Å². The highest BCUT2D eigenvalue weighted by molar-refractivity contribution is 5.93. The summed E-state index contributed by atoms with van der Waals surface area (Å²) in [5.74, 6) is -0.0386. The minimum Gasteiger partial charge on any atom is -0.315 e. The zero-order chi connectivity index (χ0) is 10.4. The van der Waals surface area contributed by atoms with Crippen LogP contribution in [0.5, 0.6) is 0 Å². The lowest BCUT2D eigenvalue weighted by Gasteiger charge is -2.16. The Hall–Kier alpha value is -1.64. The maximum atomic E-state index is 11.5. The van der Waals surface area contributed by atoms with Crippen LogP contribution in [0, 0.1) is 0 Å². The van der Waals surface area contributed by atoms with Crippen LogP contribution in [0.3, 0.4) is 0 Å². The van der Waals surface area contributed by atoms with E-state index in [4.69, 9.17) is 0 Å². The van der Waals surface area contributed by atoms with E-state index in [0.717, 1.165) is 12.0 Å². The van der Waals surface area contributed by atoms with Gasteiger partial charge in [-0.2, -0.15) is 0 Å². The van der Waals surface area contributed by atoms with E-state index in [0.29, 0.717) is 0 Å². The zero-order valence-corrected chi connectivity index (χ0v) is 8.14. The number of carbonyl (C=O) groups is 2. The minimum atomic E-state index is -0.0386. The van der Waals surface area contributed by atoms with E-state index in [9.17, 15) is 9.59 Å². The van der Waals surface area contributed by atoms with E-state index in [2.05, 4.69) is 0 Å². The van der Waals surface area contributed by atoms with Crippen LogP contribution in [0.15, 0.2) is 30.3 Å². The van der Waals surface area contributed by atoms with Crippen LogP contribution in [0.2, 0.25) is 0 Å². The molecule has 0 saturated heterocycles. The van der Waals surface area contributed by atoms with Crippen molar-refractivity contribution in [3.8, 4) is 0 Å². The first kappa shape index (κ1) is 10.4. The van der Waals surface area contributed by atoms with Gasteiger partial charge in [0.1, 0.15) is 6.29 Å². The smallest absolute Gasteiger partial charge is 0.227 e. The first-order valence-electron chi connectivity index (χ1n) is 4.51. The SMILES string of the molecule is CN(C(=O)CCC=O)c1ccccc1.